The van der Waals surface area contributed by atoms with Gasteiger partial charge in [0.2, 0.25) is 0 Å². The normalized spacial score (nSPS) is 10.8. The first-order valence-corrected chi connectivity index (χ1v) is 9.00. The van der Waals surface area contributed by atoms with Gasteiger partial charge in [0.05, 0.1) is 5.69 Å². The van der Waals surface area contributed by atoms with Crippen molar-refractivity contribution in [2.24, 2.45) is 0 Å². The fourth-order valence-corrected chi connectivity index (χ4v) is 3.18. The van der Waals surface area contributed by atoms with E-state index in [0.29, 0.717) is 5.56 Å². The number of nitrogens with one attached hydrogen (secondary N) is 1. The lowest BCUT2D eigenvalue weighted by Gasteiger charge is -2.06. The molecule has 0 bridgehead atoms. The van der Waals surface area contributed by atoms with Crippen molar-refractivity contribution < 1.29 is 4.79 Å². The minimum atomic E-state index is -0.137. The van der Waals surface area contributed by atoms with Gasteiger partial charge in [-0.25, -0.2) is 4.98 Å². The van der Waals surface area contributed by atoms with Crippen LogP contribution in [0.3, 0.4) is 0 Å². The van der Waals surface area contributed by atoms with Crippen molar-refractivity contribution in [3.8, 4) is 11.3 Å². The fraction of sp³-hybridized carbons (Fsp3) is 0.0476. The van der Waals surface area contributed by atoms with E-state index in [9.17, 15) is 4.79 Å². The van der Waals surface area contributed by atoms with E-state index in [1.807, 2.05) is 53.2 Å². The highest BCUT2D eigenvalue weighted by molar-refractivity contribution is 9.10. The van der Waals surface area contributed by atoms with E-state index in [4.69, 9.17) is 0 Å². The molecule has 1 amide bonds. The summed E-state index contributed by atoms with van der Waals surface area (Å²) < 4.78 is 2.88. The van der Waals surface area contributed by atoms with Gasteiger partial charge in [-0.15, -0.1) is 0 Å². The van der Waals surface area contributed by atoms with Crippen LogP contribution in [0.15, 0.2) is 77.5 Å². The lowest BCUT2D eigenvalue weighted by Crippen LogP contribution is -2.11. The van der Waals surface area contributed by atoms with E-state index >= 15 is 0 Å². The van der Waals surface area contributed by atoms with Crippen LogP contribution in [0, 0.1) is 6.92 Å². The third-order valence-electron chi connectivity index (χ3n) is 4.14. The molecule has 4 rings (SSSR count). The highest BCUT2D eigenvalue weighted by Gasteiger charge is 2.08. The fourth-order valence-electron chi connectivity index (χ4n) is 2.78. The number of aromatic nitrogens is 2. The minimum Gasteiger partial charge on any atom is -0.322 e. The Balaban J connectivity index is 1.55. The standard InChI is InChI=1S/C21H16BrN3O/c1-14-9-10-25-13-19(24-20(25)11-14)15-5-7-18(8-6-15)23-21(26)16-3-2-4-17(22)12-16/h2-13H,1H3,(H,23,26). The molecule has 0 saturated heterocycles. The largest absolute Gasteiger partial charge is 0.322 e. The summed E-state index contributed by atoms with van der Waals surface area (Å²) in [6.07, 6.45) is 4.01. The highest BCUT2D eigenvalue weighted by atomic mass is 79.9. The molecular weight excluding hydrogens is 390 g/mol. The highest BCUT2D eigenvalue weighted by Crippen LogP contribution is 2.22. The zero-order valence-corrected chi connectivity index (χ0v) is 15.7. The van der Waals surface area contributed by atoms with Gasteiger partial charge in [0.25, 0.3) is 5.91 Å². The molecule has 0 radical (unpaired) electrons. The van der Waals surface area contributed by atoms with E-state index in [1.54, 1.807) is 12.1 Å². The SMILES string of the molecule is Cc1ccn2cc(-c3ccc(NC(=O)c4cccc(Br)c4)cc3)nc2c1. The van der Waals surface area contributed by atoms with Gasteiger partial charge in [-0.05, 0) is 55.0 Å². The Morgan fingerprint density at radius 2 is 1.88 bits per heavy atom. The Kier molecular flexibility index (Phi) is 4.31. The number of anilines is 1. The molecule has 0 atom stereocenters. The van der Waals surface area contributed by atoms with Crippen molar-refractivity contribution in [3.63, 3.8) is 0 Å². The molecule has 1 N–H and O–H groups in total. The Morgan fingerprint density at radius 3 is 2.65 bits per heavy atom. The first-order valence-electron chi connectivity index (χ1n) is 8.21. The maximum Gasteiger partial charge on any atom is 0.255 e. The summed E-state index contributed by atoms with van der Waals surface area (Å²) in [6.45, 7) is 2.05. The van der Waals surface area contributed by atoms with E-state index in [0.717, 1.165) is 27.1 Å². The van der Waals surface area contributed by atoms with Gasteiger partial charge in [-0.3, -0.25) is 4.79 Å². The van der Waals surface area contributed by atoms with Crippen LogP contribution in [0.2, 0.25) is 0 Å². The van der Waals surface area contributed by atoms with Gasteiger partial charge in [-0.2, -0.15) is 0 Å². The van der Waals surface area contributed by atoms with Crippen LogP contribution in [0.4, 0.5) is 5.69 Å². The Hall–Kier alpha value is -2.92. The maximum atomic E-state index is 12.3. The number of amides is 1. The molecule has 0 fully saturated rings. The topological polar surface area (TPSA) is 46.4 Å². The lowest BCUT2D eigenvalue weighted by atomic mass is 10.1. The number of carbonyl (C=O) groups is 1. The van der Waals surface area contributed by atoms with Crippen molar-refractivity contribution in [1.82, 2.24) is 9.38 Å². The molecule has 2 heterocycles. The van der Waals surface area contributed by atoms with Crippen LogP contribution in [0.25, 0.3) is 16.9 Å². The van der Waals surface area contributed by atoms with Crippen molar-refractivity contribution in [2.45, 2.75) is 6.92 Å². The Labute approximate surface area is 159 Å². The lowest BCUT2D eigenvalue weighted by molar-refractivity contribution is 0.102. The van der Waals surface area contributed by atoms with Crippen LogP contribution in [-0.4, -0.2) is 15.3 Å². The summed E-state index contributed by atoms with van der Waals surface area (Å²) >= 11 is 3.38. The van der Waals surface area contributed by atoms with Crippen LogP contribution < -0.4 is 5.32 Å². The van der Waals surface area contributed by atoms with E-state index in [1.165, 1.54) is 5.56 Å². The van der Waals surface area contributed by atoms with Gasteiger partial charge in [-0.1, -0.05) is 34.1 Å². The summed E-state index contributed by atoms with van der Waals surface area (Å²) in [4.78, 5) is 17.0. The maximum absolute atomic E-state index is 12.3. The zero-order chi connectivity index (χ0) is 18.1. The minimum absolute atomic E-state index is 0.137. The summed E-state index contributed by atoms with van der Waals surface area (Å²) in [6, 6.07) is 19.1. The average molecular weight is 406 g/mol. The van der Waals surface area contributed by atoms with E-state index in [2.05, 4.69) is 45.3 Å². The second-order valence-electron chi connectivity index (χ2n) is 6.14. The molecule has 0 aliphatic rings. The third kappa shape index (κ3) is 3.39. The Morgan fingerprint density at radius 1 is 1.08 bits per heavy atom. The first kappa shape index (κ1) is 16.5. The van der Waals surface area contributed by atoms with E-state index < -0.39 is 0 Å². The molecule has 2 aromatic carbocycles. The summed E-state index contributed by atoms with van der Waals surface area (Å²) in [5.74, 6) is -0.137. The number of nitrogens with zero attached hydrogens (tertiary/aromatic N) is 2. The first-order chi connectivity index (χ1) is 12.6. The molecular formula is C21H16BrN3O. The summed E-state index contributed by atoms with van der Waals surface area (Å²) in [5, 5.41) is 2.91. The second-order valence-corrected chi connectivity index (χ2v) is 7.05. The van der Waals surface area contributed by atoms with Gasteiger partial charge in [0, 0.05) is 33.7 Å². The van der Waals surface area contributed by atoms with Crippen molar-refractivity contribution >= 4 is 33.2 Å². The second kappa shape index (κ2) is 6.77. The van der Waals surface area contributed by atoms with Crippen LogP contribution >= 0.6 is 15.9 Å². The quantitative estimate of drug-likeness (QED) is 0.500. The molecule has 0 saturated carbocycles. The van der Waals surface area contributed by atoms with Crippen LogP contribution in [-0.2, 0) is 0 Å². The molecule has 5 heteroatoms. The number of rotatable bonds is 3. The summed E-state index contributed by atoms with van der Waals surface area (Å²) in [7, 11) is 0. The Bertz CT molecular complexity index is 1100. The van der Waals surface area contributed by atoms with Crippen molar-refractivity contribution in [3.05, 3.63) is 88.7 Å². The predicted molar refractivity (Wildman–Crippen MR) is 107 cm³/mol. The monoisotopic (exact) mass is 405 g/mol. The number of aryl methyl sites for hydroxylation is 1. The third-order valence-corrected chi connectivity index (χ3v) is 4.63. The number of pyridine rings is 1. The number of imidazole rings is 1. The number of fused-ring (bicyclic) bond motifs is 1. The molecule has 128 valence electrons. The van der Waals surface area contributed by atoms with Gasteiger partial charge in [0.15, 0.2) is 0 Å². The molecule has 0 unspecified atom stereocenters. The zero-order valence-electron chi connectivity index (χ0n) is 14.1. The smallest absolute Gasteiger partial charge is 0.255 e. The molecule has 4 nitrogen and oxygen atoms in total. The molecule has 26 heavy (non-hydrogen) atoms. The van der Waals surface area contributed by atoms with Gasteiger partial charge < -0.3 is 9.72 Å². The number of hydrogen-bond donors (Lipinski definition) is 1. The van der Waals surface area contributed by atoms with Gasteiger partial charge >= 0.3 is 0 Å². The average Bonchev–Trinajstić information content (AvgIpc) is 3.05. The number of hydrogen-bond acceptors (Lipinski definition) is 2. The summed E-state index contributed by atoms with van der Waals surface area (Å²) in [5.41, 5.74) is 5.37. The molecule has 0 spiro atoms. The number of halogens is 1. The number of benzene rings is 2. The molecule has 0 aliphatic carbocycles. The van der Waals surface area contributed by atoms with Crippen LogP contribution in [0.5, 0.6) is 0 Å². The predicted octanol–water partition coefficient (Wildman–Crippen LogP) is 5.32. The van der Waals surface area contributed by atoms with Crippen LogP contribution in [0.1, 0.15) is 15.9 Å². The van der Waals surface area contributed by atoms with Crippen molar-refractivity contribution in [1.29, 1.82) is 0 Å². The molecule has 2 aromatic heterocycles. The van der Waals surface area contributed by atoms with Gasteiger partial charge in [0.1, 0.15) is 5.65 Å². The number of carbonyl (C=O) groups excluding carboxylic acids is 1. The molecule has 0 aliphatic heterocycles. The van der Waals surface area contributed by atoms with E-state index in [-0.39, 0.29) is 5.91 Å². The molecule has 4 aromatic rings. The van der Waals surface area contributed by atoms with Crippen molar-refractivity contribution in [2.75, 3.05) is 5.32 Å².